The van der Waals surface area contributed by atoms with Crippen LogP contribution in [0.15, 0.2) is 34.9 Å². The molecular weight excluding hydrogens is 231 g/mol. The fourth-order valence-corrected chi connectivity index (χ4v) is 2.16. The molecule has 0 spiro atoms. The van der Waals surface area contributed by atoms with Crippen LogP contribution in [0.1, 0.15) is 35.4 Å². The molecule has 0 bridgehead atoms. The van der Waals surface area contributed by atoms with E-state index in [2.05, 4.69) is 5.43 Å². The molecule has 0 aliphatic heterocycles. The Morgan fingerprint density at radius 3 is 2.78 bits per heavy atom. The van der Waals surface area contributed by atoms with E-state index >= 15 is 0 Å². The molecule has 0 fully saturated rings. The van der Waals surface area contributed by atoms with Crippen molar-refractivity contribution in [1.29, 1.82) is 0 Å². The van der Waals surface area contributed by atoms with Crippen molar-refractivity contribution in [2.45, 2.75) is 26.3 Å². The third-order valence-corrected chi connectivity index (χ3v) is 3.13. The maximum absolute atomic E-state index is 13.4. The minimum atomic E-state index is -0.266. The Morgan fingerprint density at radius 2 is 2.11 bits per heavy atom. The van der Waals surface area contributed by atoms with Crippen molar-refractivity contribution in [3.63, 3.8) is 0 Å². The van der Waals surface area contributed by atoms with E-state index in [0.717, 1.165) is 28.9 Å². The van der Waals surface area contributed by atoms with E-state index in [4.69, 9.17) is 10.3 Å². The zero-order valence-corrected chi connectivity index (χ0v) is 10.5. The first-order valence-corrected chi connectivity index (χ1v) is 5.95. The molecule has 3 N–H and O–H groups in total. The number of furan rings is 1. The van der Waals surface area contributed by atoms with Crippen LogP contribution in [0, 0.1) is 12.7 Å². The van der Waals surface area contributed by atoms with Crippen LogP contribution in [0.2, 0.25) is 0 Å². The number of benzene rings is 1. The van der Waals surface area contributed by atoms with Gasteiger partial charge in [0.1, 0.15) is 11.6 Å². The van der Waals surface area contributed by atoms with E-state index in [0.29, 0.717) is 0 Å². The van der Waals surface area contributed by atoms with E-state index in [-0.39, 0.29) is 11.9 Å². The zero-order chi connectivity index (χ0) is 13.1. The lowest BCUT2D eigenvalue weighted by Gasteiger charge is -2.18. The van der Waals surface area contributed by atoms with Gasteiger partial charge < -0.3 is 4.42 Å². The minimum absolute atomic E-state index is 0.255. The van der Waals surface area contributed by atoms with E-state index < -0.39 is 0 Å². The van der Waals surface area contributed by atoms with Gasteiger partial charge in [0, 0.05) is 12.0 Å². The summed E-state index contributed by atoms with van der Waals surface area (Å²) in [5.74, 6) is 6.22. The highest BCUT2D eigenvalue weighted by atomic mass is 19.1. The number of hydrogen-bond acceptors (Lipinski definition) is 3. The van der Waals surface area contributed by atoms with Gasteiger partial charge in [-0.15, -0.1) is 0 Å². The number of rotatable bonds is 4. The predicted octanol–water partition coefficient (Wildman–Crippen LogP) is 2.84. The molecule has 3 nitrogen and oxygen atoms in total. The second-order valence-electron chi connectivity index (χ2n) is 4.25. The maximum atomic E-state index is 13.4. The number of aryl methyl sites for hydroxylation is 2. The normalized spacial score (nSPS) is 12.7. The van der Waals surface area contributed by atoms with Crippen molar-refractivity contribution >= 4 is 0 Å². The number of hydrogen-bond donors (Lipinski definition) is 2. The van der Waals surface area contributed by atoms with Crippen LogP contribution in [0.5, 0.6) is 0 Å². The summed E-state index contributed by atoms with van der Waals surface area (Å²) in [6, 6.07) is 6.32. The van der Waals surface area contributed by atoms with Gasteiger partial charge >= 0.3 is 0 Å². The van der Waals surface area contributed by atoms with Crippen LogP contribution in [0.3, 0.4) is 0 Å². The fourth-order valence-electron chi connectivity index (χ4n) is 2.16. The van der Waals surface area contributed by atoms with E-state index in [9.17, 15) is 4.39 Å². The zero-order valence-electron chi connectivity index (χ0n) is 10.5. The van der Waals surface area contributed by atoms with Gasteiger partial charge in [-0.2, -0.15) is 0 Å². The monoisotopic (exact) mass is 248 g/mol. The molecule has 0 amide bonds. The third kappa shape index (κ3) is 2.30. The van der Waals surface area contributed by atoms with Crippen LogP contribution in [0.4, 0.5) is 4.39 Å². The minimum Gasteiger partial charge on any atom is -0.469 e. The van der Waals surface area contributed by atoms with Crippen LogP contribution < -0.4 is 11.3 Å². The summed E-state index contributed by atoms with van der Waals surface area (Å²) in [5, 5.41) is 0. The Labute approximate surface area is 106 Å². The Balaban J connectivity index is 2.48. The van der Waals surface area contributed by atoms with Crippen molar-refractivity contribution in [3.8, 4) is 0 Å². The number of hydrazine groups is 1. The van der Waals surface area contributed by atoms with Crippen LogP contribution >= 0.6 is 0 Å². The second kappa shape index (κ2) is 5.33. The Bertz CT molecular complexity index is 536. The molecule has 0 saturated carbocycles. The van der Waals surface area contributed by atoms with Crippen LogP contribution in [0.25, 0.3) is 0 Å². The maximum Gasteiger partial charge on any atom is 0.123 e. The van der Waals surface area contributed by atoms with Gasteiger partial charge in [-0.3, -0.25) is 5.84 Å². The van der Waals surface area contributed by atoms with Crippen molar-refractivity contribution in [2.24, 2.45) is 5.84 Å². The Kier molecular flexibility index (Phi) is 3.79. The first kappa shape index (κ1) is 12.8. The van der Waals surface area contributed by atoms with Crippen molar-refractivity contribution in [3.05, 3.63) is 58.8 Å². The summed E-state index contributed by atoms with van der Waals surface area (Å²) in [6.07, 6.45) is 2.40. The summed E-state index contributed by atoms with van der Waals surface area (Å²) in [6.45, 7) is 3.94. The average molecular weight is 248 g/mol. The lowest BCUT2D eigenvalue weighted by Crippen LogP contribution is -2.29. The molecule has 4 heteroatoms. The number of nitrogens with one attached hydrogen (secondary N) is 1. The summed E-state index contributed by atoms with van der Waals surface area (Å²) >= 11 is 0. The first-order chi connectivity index (χ1) is 8.67. The van der Waals surface area contributed by atoms with E-state index in [1.54, 1.807) is 12.3 Å². The second-order valence-corrected chi connectivity index (χ2v) is 4.25. The lowest BCUT2D eigenvalue weighted by molar-refractivity contribution is 0.501. The molecule has 1 atom stereocenters. The molecule has 0 aliphatic carbocycles. The van der Waals surface area contributed by atoms with Crippen molar-refractivity contribution in [1.82, 2.24) is 5.43 Å². The molecule has 18 heavy (non-hydrogen) atoms. The molecule has 1 aromatic carbocycles. The predicted molar refractivity (Wildman–Crippen MR) is 68.4 cm³/mol. The highest BCUT2D eigenvalue weighted by Gasteiger charge is 2.19. The summed E-state index contributed by atoms with van der Waals surface area (Å²) in [7, 11) is 0. The smallest absolute Gasteiger partial charge is 0.123 e. The highest BCUT2D eigenvalue weighted by molar-refractivity contribution is 5.38. The molecule has 1 heterocycles. The molecule has 0 saturated heterocycles. The lowest BCUT2D eigenvalue weighted by atomic mass is 9.95. The Morgan fingerprint density at radius 1 is 1.33 bits per heavy atom. The van der Waals surface area contributed by atoms with Crippen molar-refractivity contribution in [2.75, 3.05) is 0 Å². The van der Waals surface area contributed by atoms with Crippen molar-refractivity contribution < 1.29 is 8.81 Å². The SMILES string of the molecule is CCc1occc1C(NN)c1cc(F)ccc1C. The molecular formula is C14H17FN2O. The molecule has 1 aromatic heterocycles. The molecule has 0 aliphatic rings. The number of halogens is 1. The molecule has 96 valence electrons. The van der Waals surface area contributed by atoms with Gasteiger partial charge in [0.2, 0.25) is 0 Å². The van der Waals surface area contributed by atoms with Gasteiger partial charge in [-0.25, -0.2) is 9.82 Å². The topological polar surface area (TPSA) is 51.2 Å². The van der Waals surface area contributed by atoms with Gasteiger partial charge in [-0.05, 0) is 36.2 Å². The standard InChI is InChI=1S/C14H17FN2O/c1-3-13-11(6-7-18-13)14(17-16)12-8-10(15)5-4-9(12)2/h4-8,14,17H,3,16H2,1-2H3. The summed E-state index contributed by atoms with van der Waals surface area (Å²) in [4.78, 5) is 0. The van der Waals surface area contributed by atoms with Gasteiger partial charge in [0.15, 0.2) is 0 Å². The van der Waals surface area contributed by atoms with Gasteiger partial charge in [0.25, 0.3) is 0 Å². The quantitative estimate of drug-likeness (QED) is 0.646. The molecule has 2 aromatic rings. The molecule has 1 unspecified atom stereocenters. The summed E-state index contributed by atoms with van der Waals surface area (Å²) in [5.41, 5.74) is 5.51. The van der Waals surface area contributed by atoms with Crippen LogP contribution in [-0.2, 0) is 6.42 Å². The van der Waals surface area contributed by atoms with Gasteiger partial charge in [0.05, 0.1) is 12.3 Å². The van der Waals surface area contributed by atoms with E-state index in [1.165, 1.54) is 12.1 Å². The largest absolute Gasteiger partial charge is 0.469 e. The first-order valence-electron chi connectivity index (χ1n) is 5.95. The average Bonchev–Trinajstić information content (AvgIpc) is 2.83. The van der Waals surface area contributed by atoms with Gasteiger partial charge in [-0.1, -0.05) is 13.0 Å². The molecule has 2 rings (SSSR count). The third-order valence-electron chi connectivity index (χ3n) is 3.13. The van der Waals surface area contributed by atoms with E-state index in [1.807, 2.05) is 19.9 Å². The molecule has 0 radical (unpaired) electrons. The summed E-state index contributed by atoms with van der Waals surface area (Å²) < 4.78 is 18.8. The fraction of sp³-hybridized carbons (Fsp3) is 0.286. The highest BCUT2D eigenvalue weighted by Crippen LogP contribution is 2.28. The number of nitrogens with two attached hydrogens (primary N) is 1. The Hall–Kier alpha value is -1.65. The van der Waals surface area contributed by atoms with Crippen LogP contribution in [-0.4, -0.2) is 0 Å².